The van der Waals surface area contributed by atoms with Crippen molar-refractivity contribution in [2.75, 3.05) is 6.54 Å². The van der Waals surface area contributed by atoms with Crippen LogP contribution in [0.25, 0.3) is 0 Å². The van der Waals surface area contributed by atoms with Gasteiger partial charge in [-0.2, -0.15) is 0 Å². The molecule has 1 heterocycles. The van der Waals surface area contributed by atoms with Gasteiger partial charge in [0.25, 0.3) is 0 Å². The molecule has 174 valence electrons. The van der Waals surface area contributed by atoms with Gasteiger partial charge in [0.2, 0.25) is 11.8 Å². The number of carboxylic acid groups (broad SMARTS) is 1. The highest BCUT2D eigenvalue weighted by Gasteiger charge is 2.34. The smallest absolute Gasteiger partial charge is 0.325 e. The van der Waals surface area contributed by atoms with E-state index in [0.717, 1.165) is 19.3 Å². The fraction of sp³-hybridized carbons (Fsp3) is 0.875. The molecule has 0 bridgehead atoms. The molecule has 1 rings (SSSR count). The molecule has 1 fully saturated rings. The minimum absolute atomic E-state index is 0.0266. The second-order valence-corrected chi connectivity index (χ2v) is 8.81. The zero-order valence-corrected chi connectivity index (χ0v) is 19.3. The zero-order chi connectivity index (χ0) is 22.2. The van der Waals surface area contributed by atoms with Crippen LogP contribution in [0.3, 0.4) is 0 Å². The second-order valence-electron chi connectivity index (χ2n) is 8.81. The van der Waals surface area contributed by atoms with Crippen LogP contribution < -0.4 is 5.32 Å². The largest absolute Gasteiger partial charge is 0.480 e. The van der Waals surface area contributed by atoms with Crippen LogP contribution >= 0.6 is 0 Å². The Balaban J connectivity index is 2.07. The van der Waals surface area contributed by atoms with E-state index in [-0.39, 0.29) is 11.8 Å². The molecule has 1 aliphatic rings. The van der Waals surface area contributed by atoms with E-state index in [4.69, 9.17) is 5.11 Å². The third kappa shape index (κ3) is 11.0. The van der Waals surface area contributed by atoms with E-state index in [2.05, 4.69) is 12.2 Å². The van der Waals surface area contributed by atoms with E-state index in [0.29, 0.717) is 19.4 Å². The van der Waals surface area contributed by atoms with Gasteiger partial charge in [0, 0.05) is 13.0 Å². The van der Waals surface area contributed by atoms with Crippen LogP contribution in [-0.2, 0) is 14.4 Å². The van der Waals surface area contributed by atoms with Crippen LogP contribution in [0.2, 0.25) is 0 Å². The van der Waals surface area contributed by atoms with Crippen LogP contribution in [0.1, 0.15) is 117 Å². The Morgan fingerprint density at radius 3 is 1.90 bits per heavy atom. The summed E-state index contributed by atoms with van der Waals surface area (Å²) in [6.07, 6.45) is 18.4. The van der Waals surface area contributed by atoms with Crippen LogP contribution in [0.15, 0.2) is 0 Å². The molecule has 1 aliphatic heterocycles. The molecular formula is C24H44N2O4. The first-order valence-electron chi connectivity index (χ1n) is 12.3. The van der Waals surface area contributed by atoms with Crippen molar-refractivity contribution in [2.45, 2.75) is 129 Å². The molecule has 2 unspecified atom stereocenters. The van der Waals surface area contributed by atoms with Gasteiger partial charge < -0.3 is 15.3 Å². The minimum atomic E-state index is -1.06. The van der Waals surface area contributed by atoms with Gasteiger partial charge in [-0.15, -0.1) is 0 Å². The fourth-order valence-corrected chi connectivity index (χ4v) is 4.15. The Bertz CT molecular complexity index is 509. The maximum Gasteiger partial charge on any atom is 0.325 e. The Hall–Kier alpha value is -1.59. The van der Waals surface area contributed by atoms with Crippen molar-refractivity contribution in [3.05, 3.63) is 0 Å². The minimum Gasteiger partial charge on any atom is -0.480 e. The Kier molecular flexibility index (Phi) is 14.2. The fourth-order valence-electron chi connectivity index (χ4n) is 4.15. The number of hydrogen-bond acceptors (Lipinski definition) is 3. The molecule has 2 N–H and O–H groups in total. The maximum absolute atomic E-state index is 12.5. The van der Waals surface area contributed by atoms with Gasteiger partial charge in [-0.05, 0) is 26.2 Å². The topological polar surface area (TPSA) is 86.7 Å². The molecular weight excluding hydrogens is 380 g/mol. The van der Waals surface area contributed by atoms with Gasteiger partial charge in [0.1, 0.15) is 12.1 Å². The van der Waals surface area contributed by atoms with Gasteiger partial charge >= 0.3 is 5.97 Å². The lowest BCUT2D eigenvalue weighted by molar-refractivity contribution is -0.143. The molecule has 0 aliphatic carbocycles. The standard InChI is InChI=1S/C24H44N2O4/c1-3-4-5-6-7-8-9-10-11-12-13-14-15-18-22(27)26-19-16-17-21(26)23(28)25-20(2)24(29)30/h20-21H,3-19H2,1-2H3,(H,25,28)(H,29,30). The van der Waals surface area contributed by atoms with E-state index in [9.17, 15) is 14.4 Å². The first-order valence-corrected chi connectivity index (χ1v) is 12.3. The summed E-state index contributed by atoms with van der Waals surface area (Å²) in [5.74, 6) is -1.38. The SMILES string of the molecule is CCCCCCCCCCCCCCCC(=O)N1CCCC1C(=O)NC(C)C(=O)O. The molecule has 6 nitrogen and oxygen atoms in total. The summed E-state index contributed by atoms with van der Waals surface area (Å²) in [4.78, 5) is 37.4. The number of carbonyl (C=O) groups excluding carboxylic acids is 2. The van der Waals surface area contributed by atoms with Crippen molar-refractivity contribution >= 4 is 17.8 Å². The van der Waals surface area contributed by atoms with Crippen LogP contribution in [0.5, 0.6) is 0 Å². The number of nitrogens with one attached hydrogen (secondary N) is 1. The average Bonchev–Trinajstić information content (AvgIpc) is 3.21. The molecule has 0 aromatic rings. The second kappa shape index (κ2) is 16.1. The lowest BCUT2D eigenvalue weighted by Crippen LogP contribution is -2.49. The summed E-state index contributed by atoms with van der Waals surface area (Å²) in [5, 5.41) is 11.4. The summed E-state index contributed by atoms with van der Waals surface area (Å²) in [6.45, 7) is 4.29. The van der Waals surface area contributed by atoms with Crippen LogP contribution in [0.4, 0.5) is 0 Å². The van der Waals surface area contributed by atoms with E-state index in [1.54, 1.807) is 4.90 Å². The monoisotopic (exact) mass is 424 g/mol. The number of rotatable bonds is 17. The number of unbranched alkanes of at least 4 members (excludes halogenated alkanes) is 12. The lowest BCUT2D eigenvalue weighted by atomic mass is 10.0. The summed E-state index contributed by atoms with van der Waals surface area (Å²) >= 11 is 0. The normalized spacial score (nSPS) is 17.1. The predicted octanol–water partition coefficient (Wildman–Crippen LogP) is 5.05. The van der Waals surface area contributed by atoms with Gasteiger partial charge in [0.05, 0.1) is 0 Å². The predicted molar refractivity (Wildman–Crippen MR) is 120 cm³/mol. The van der Waals surface area contributed by atoms with Crippen molar-refractivity contribution in [3.8, 4) is 0 Å². The zero-order valence-electron chi connectivity index (χ0n) is 19.3. The van der Waals surface area contributed by atoms with Crippen molar-refractivity contribution in [1.29, 1.82) is 0 Å². The van der Waals surface area contributed by atoms with E-state index in [1.165, 1.54) is 77.6 Å². The van der Waals surface area contributed by atoms with Crippen LogP contribution in [0, 0.1) is 0 Å². The Morgan fingerprint density at radius 2 is 1.40 bits per heavy atom. The molecule has 6 heteroatoms. The van der Waals surface area contributed by atoms with Crippen LogP contribution in [-0.4, -0.2) is 46.4 Å². The van der Waals surface area contributed by atoms with E-state index >= 15 is 0 Å². The quantitative estimate of drug-likeness (QED) is 0.320. The first kappa shape index (κ1) is 26.4. The number of nitrogens with zero attached hydrogens (tertiary/aromatic N) is 1. The third-order valence-corrected chi connectivity index (χ3v) is 6.10. The van der Waals surface area contributed by atoms with Crippen molar-refractivity contribution < 1.29 is 19.5 Å². The molecule has 0 aromatic heterocycles. The van der Waals surface area contributed by atoms with Crippen molar-refractivity contribution in [2.24, 2.45) is 0 Å². The molecule has 2 atom stereocenters. The lowest BCUT2D eigenvalue weighted by Gasteiger charge is -2.24. The van der Waals surface area contributed by atoms with Crippen molar-refractivity contribution in [1.82, 2.24) is 10.2 Å². The average molecular weight is 425 g/mol. The highest BCUT2D eigenvalue weighted by molar-refractivity contribution is 5.90. The number of carbonyl (C=O) groups is 3. The number of carboxylic acids is 1. The van der Waals surface area contributed by atoms with Gasteiger partial charge in [-0.3, -0.25) is 14.4 Å². The molecule has 0 spiro atoms. The molecule has 30 heavy (non-hydrogen) atoms. The Morgan fingerprint density at radius 1 is 0.900 bits per heavy atom. The molecule has 0 aromatic carbocycles. The molecule has 2 amide bonds. The molecule has 0 radical (unpaired) electrons. The van der Waals surface area contributed by atoms with Gasteiger partial charge in [0.15, 0.2) is 0 Å². The first-order chi connectivity index (χ1) is 14.5. The third-order valence-electron chi connectivity index (χ3n) is 6.10. The molecule has 1 saturated heterocycles. The molecule has 0 saturated carbocycles. The number of amides is 2. The van der Waals surface area contributed by atoms with E-state index in [1.807, 2.05) is 0 Å². The highest BCUT2D eigenvalue weighted by Crippen LogP contribution is 2.20. The summed E-state index contributed by atoms with van der Waals surface area (Å²) in [5.41, 5.74) is 0. The Labute approximate surface area is 183 Å². The maximum atomic E-state index is 12.5. The number of likely N-dealkylation sites (tertiary alicyclic amines) is 1. The van der Waals surface area contributed by atoms with Gasteiger partial charge in [-0.25, -0.2) is 0 Å². The van der Waals surface area contributed by atoms with Crippen molar-refractivity contribution in [3.63, 3.8) is 0 Å². The summed E-state index contributed by atoms with van der Waals surface area (Å²) in [6, 6.07) is -1.45. The summed E-state index contributed by atoms with van der Waals surface area (Å²) in [7, 11) is 0. The van der Waals surface area contributed by atoms with Gasteiger partial charge in [-0.1, -0.05) is 84.0 Å². The number of hydrogen-bond donors (Lipinski definition) is 2. The summed E-state index contributed by atoms with van der Waals surface area (Å²) < 4.78 is 0. The number of aliphatic carboxylic acids is 1. The van der Waals surface area contributed by atoms with E-state index < -0.39 is 18.1 Å². The highest BCUT2D eigenvalue weighted by atomic mass is 16.4.